The van der Waals surface area contributed by atoms with E-state index in [0.717, 1.165) is 0 Å². The molecule has 1 saturated heterocycles. The minimum absolute atomic E-state index is 0.259. The Balaban J connectivity index is 2.22. The molecule has 0 atom stereocenters. The van der Waals surface area contributed by atoms with Crippen LogP contribution in [-0.4, -0.2) is 26.2 Å². The van der Waals surface area contributed by atoms with Gasteiger partial charge >= 0.3 is 0 Å². The van der Waals surface area contributed by atoms with Crippen LogP contribution in [0.1, 0.15) is 12.8 Å². The highest BCUT2D eigenvalue weighted by Gasteiger charge is 2.42. The molecule has 1 aliphatic rings. The highest BCUT2D eigenvalue weighted by atomic mass is 19.1. The van der Waals surface area contributed by atoms with Crippen LogP contribution in [0.15, 0.2) is 24.3 Å². The Morgan fingerprint density at radius 2 is 1.95 bits per heavy atom. The summed E-state index contributed by atoms with van der Waals surface area (Å²) < 4.78 is 18.1. The van der Waals surface area contributed by atoms with Crippen molar-refractivity contribution in [3.8, 4) is 6.07 Å². The van der Waals surface area contributed by atoms with Crippen molar-refractivity contribution in [2.75, 3.05) is 25.2 Å². The Hall–Kier alpha value is -1.93. The summed E-state index contributed by atoms with van der Waals surface area (Å²) in [6.07, 6.45) is 0.793. The second kappa shape index (κ2) is 5.37. The number of hydrogen-bond acceptors (Lipinski definition) is 3. The number of benzene rings is 1. The van der Waals surface area contributed by atoms with Crippen molar-refractivity contribution in [3.05, 3.63) is 30.1 Å². The minimum Gasteiger partial charge on any atom is -0.381 e. The molecule has 0 unspecified atom stereocenters. The topological polar surface area (TPSA) is 53.3 Å². The van der Waals surface area contributed by atoms with Crippen molar-refractivity contribution in [2.45, 2.75) is 12.8 Å². The molecule has 1 aliphatic heterocycles. The Kier molecular flexibility index (Phi) is 3.82. The van der Waals surface area contributed by atoms with Gasteiger partial charge in [0.25, 0.3) is 0 Å². The van der Waals surface area contributed by atoms with Gasteiger partial charge in [-0.2, -0.15) is 5.26 Å². The number of halogens is 1. The zero-order chi connectivity index (χ0) is 13.9. The van der Waals surface area contributed by atoms with Gasteiger partial charge in [0, 0.05) is 25.9 Å². The van der Waals surface area contributed by atoms with E-state index in [4.69, 9.17) is 4.74 Å². The highest BCUT2D eigenvalue weighted by molar-refractivity contribution is 5.99. The minimum atomic E-state index is -1.03. The van der Waals surface area contributed by atoms with Gasteiger partial charge in [-0.15, -0.1) is 0 Å². The summed E-state index contributed by atoms with van der Waals surface area (Å²) >= 11 is 0. The average Bonchev–Trinajstić information content (AvgIpc) is 2.47. The number of hydrogen-bond donors (Lipinski definition) is 0. The van der Waals surface area contributed by atoms with Crippen molar-refractivity contribution in [1.82, 2.24) is 0 Å². The molecule has 100 valence electrons. The zero-order valence-electron chi connectivity index (χ0n) is 10.7. The molecule has 1 amide bonds. The number of anilines is 1. The lowest BCUT2D eigenvalue weighted by Crippen LogP contribution is -2.44. The fourth-order valence-corrected chi connectivity index (χ4v) is 2.20. The first-order valence-electron chi connectivity index (χ1n) is 6.12. The molecule has 1 heterocycles. The van der Waals surface area contributed by atoms with Crippen molar-refractivity contribution < 1.29 is 13.9 Å². The Morgan fingerprint density at radius 3 is 2.47 bits per heavy atom. The van der Waals surface area contributed by atoms with Crippen molar-refractivity contribution in [3.63, 3.8) is 0 Å². The van der Waals surface area contributed by atoms with Gasteiger partial charge in [0.15, 0.2) is 0 Å². The largest absolute Gasteiger partial charge is 0.381 e. The van der Waals surface area contributed by atoms with E-state index >= 15 is 0 Å². The smallest absolute Gasteiger partial charge is 0.247 e. The monoisotopic (exact) mass is 262 g/mol. The predicted octanol–water partition coefficient (Wildman–Crippen LogP) is 2.11. The van der Waals surface area contributed by atoms with Crippen LogP contribution in [0.2, 0.25) is 0 Å². The standard InChI is InChI=1S/C14H15FN2O2/c1-17(12-4-2-11(15)3-5-12)13(18)14(10-16)6-8-19-9-7-14/h2-5H,6-9H2,1H3. The van der Waals surface area contributed by atoms with Gasteiger partial charge in [0.2, 0.25) is 5.91 Å². The molecule has 0 bridgehead atoms. The second-order valence-electron chi connectivity index (χ2n) is 4.65. The van der Waals surface area contributed by atoms with Crippen molar-refractivity contribution in [1.29, 1.82) is 5.26 Å². The first-order chi connectivity index (χ1) is 9.09. The normalized spacial score (nSPS) is 17.5. The SMILES string of the molecule is CN(C(=O)C1(C#N)CCOCC1)c1ccc(F)cc1. The maximum Gasteiger partial charge on any atom is 0.247 e. The third kappa shape index (κ3) is 2.59. The van der Waals surface area contributed by atoms with Crippen LogP contribution in [0, 0.1) is 22.6 Å². The van der Waals surface area contributed by atoms with Crippen LogP contribution >= 0.6 is 0 Å². The van der Waals surface area contributed by atoms with Crippen molar-refractivity contribution >= 4 is 11.6 Å². The number of nitrogens with zero attached hydrogens (tertiary/aromatic N) is 2. The highest BCUT2D eigenvalue weighted by Crippen LogP contribution is 2.33. The summed E-state index contributed by atoms with van der Waals surface area (Å²) in [4.78, 5) is 13.9. The molecule has 0 aliphatic carbocycles. The lowest BCUT2D eigenvalue weighted by Gasteiger charge is -2.33. The molecule has 0 spiro atoms. The fourth-order valence-electron chi connectivity index (χ4n) is 2.20. The molecular formula is C14H15FN2O2. The van der Waals surface area contributed by atoms with E-state index in [0.29, 0.717) is 31.7 Å². The Labute approximate surface area is 111 Å². The van der Waals surface area contributed by atoms with Crippen LogP contribution in [0.5, 0.6) is 0 Å². The fraction of sp³-hybridized carbons (Fsp3) is 0.429. The van der Waals surface area contributed by atoms with Crippen LogP contribution in [0.3, 0.4) is 0 Å². The second-order valence-corrected chi connectivity index (χ2v) is 4.65. The third-order valence-electron chi connectivity index (χ3n) is 3.49. The van der Waals surface area contributed by atoms with Crippen molar-refractivity contribution in [2.24, 2.45) is 5.41 Å². The number of amides is 1. The third-order valence-corrected chi connectivity index (χ3v) is 3.49. The van der Waals surface area contributed by atoms with E-state index in [1.807, 2.05) is 0 Å². The maximum atomic E-state index is 12.9. The van der Waals surface area contributed by atoms with Gasteiger partial charge in [-0.1, -0.05) is 0 Å². The number of ether oxygens (including phenoxy) is 1. The maximum absolute atomic E-state index is 12.9. The first-order valence-corrected chi connectivity index (χ1v) is 6.12. The number of nitriles is 1. The van der Waals surface area contributed by atoms with E-state index in [9.17, 15) is 14.4 Å². The van der Waals surface area contributed by atoms with Crippen LogP contribution in [0.4, 0.5) is 10.1 Å². The van der Waals surface area contributed by atoms with Gasteiger partial charge in [0.1, 0.15) is 11.2 Å². The summed E-state index contributed by atoms with van der Waals surface area (Å²) in [6, 6.07) is 7.77. The molecule has 19 heavy (non-hydrogen) atoms. The lowest BCUT2D eigenvalue weighted by atomic mass is 9.80. The molecule has 4 nitrogen and oxygen atoms in total. The number of carbonyl (C=O) groups excluding carboxylic acids is 1. The predicted molar refractivity (Wildman–Crippen MR) is 67.9 cm³/mol. The lowest BCUT2D eigenvalue weighted by molar-refractivity contribution is -0.129. The molecule has 5 heteroatoms. The van der Waals surface area contributed by atoms with Gasteiger partial charge in [0.05, 0.1) is 6.07 Å². The molecule has 1 fully saturated rings. The number of carbonyl (C=O) groups is 1. The molecule has 1 aromatic carbocycles. The molecule has 0 saturated carbocycles. The van der Waals surface area contributed by atoms with Gasteiger partial charge in [-0.25, -0.2) is 4.39 Å². The average molecular weight is 262 g/mol. The molecule has 2 rings (SSSR count). The summed E-state index contributed by atoms with van der Waals surface area (Å²) in [6.45, 7) is 0.827. The van der Waals surface area contributed by atoms with Gasteiger partial charge in [-0.05, 0) is 37.1 Å². The quantitative estimate of drug-likeness (QED) is 0.820. The molecule has 0 N–H and O–H groups in total. The van der Waals surface area contributed by atoms with Gasteiger partial charge in [-0.3, -0.25) is 4.79 Å². The van der Waals surface area contributed by atoms with E-state index in [1.54, 1.807) is 7.05 Å². The summed E-state index contributed by atoms with van der Waals surface area (Å²) in [7, 11) is 1.60. The Morgan fingerprint density at radius 1 is 1.37 bits per heavy atom. The molecule has 1 aromatic rings. The van der Waals surface area contributed by atoms with Gasteiger partial charge < -0.3 is 9.64 Å². The van der Waals surface area contributed by atoms with E-state index in [2.05, 4.69) is 6.07 Å². The number of rotatable bonds is 2. The Bertz CT molecular complexity index is 501. The molecule has 0 aromatic heterocycles. The van der Waals surface area contributed by atoms with Crippen LogP contribution in [0.25, 0.3) is 0 Å². The molecular weight excluding hydrogens is 247 g/mol. The van der Waals surface area contributed by atoms with E-state index < -0.39 is 5.41 Å². The summed E-state index contributed by atoms with van der Waals surface area (Å²) in [5.41, 5.74) is -0.450. The van der Waals surface area contributed by atoms with Crippen LogP contribution < -0.4 is 4.90 Å². The summed E-state index contributed by atoms with van der Waals surface area (Å²) in [5, 5.41) is 9.34. The zero-order valence-corrected chi connectivity index (χ0v) is 10.7. The van der Waals surface area contributed by atoms with E-state index in [-0.39, 0.29) is 11.7 Å². The molecule has 0 radical (unpaired) electrons. The first kappa shape index (κ1) is 13.5. The summed E-state index contributed by atoms with van der Waals surface area (Å²) in [5.74, 6) is -0.615. The van der Waals surface area contributed by atoms with Crippen LogP contribution in [-0.2, 0) is 9.53 Å². The van der Waals surface area contributed by atoms with E-state index in [1.165, 1.54) is 29.2 Å².